The van der Waals surface area contributed by atoms with E-state index in [9.17, 15) is 19.3 Å². The molecule has 2 rings (SSSR count). The molecule has 6 heteroatoms. The molecule has 0 spiro atoms. The minimum absolute atomic E-state index is 0.0172. The highest BCUT2D eigenvalue weighted by molar-refractivity contribution is 5.94. The molecule has 5 nitrogen and oxygen atoms in total. The lowest BCUT2D eigenvalue weighted by Gasteiger charge is -2.06. The minimum Gasteiger partial charge on any atom is -0.477 e. The van der Waals surface area contributed by atoms with Gasteiger partial charge in [-0.1, -0.05) is 30.3 Å². The van der Waals surface area contributed by atoms with Crippen LogP contribution in [-0.2, 0) is 0 Å². The molecule has 0 bridgehead atoms. The highest BCUT2D eigenvalue weighted by atomic mass is 19.1. The molecule has 0 aliphatic heterocycles. The number of nitro benzene ring substituents is 1. The fourth-order valence-electron chi connectivity index (χ4n) is 1.76. The molecule has 0 fully saturated rings. The van der Waals surface area contributed by atoms with Crippen LogP contribution in [0.1, 0.15) is 10.4 Å². The monoisotopic (exact) mass is 261 g/mol. The van der Waals surface area contributed by atoms with Gasteiger partial charge >= 0.3 is 5.97 Å². The van der Waals surface area contributed by atoms with Crippen molar-refractivity contribution in [2.75, 3.05) is 0 Å². The van der Waals surface area contributed by atoms with Crippen molar-refractivity contribution in [3.8, 4) is 11.1 Å². The molecule has 0 aromatic heterocycles. The number of aromatic carboxylic acids is 1. The molecule has 1 N–H and O–H groups in total. The zero-order valence-corrected chi connectivity index (χ0v) is 9.54. The molecular weight excluding hydrogens is 253 g/mol. The van der Waals surface area contributed by atoms with Crippen molar-refractivity contribution in [1.82, 2.24) is 0 Å². The summed E-state index contributed by atoms with van der Waals surface area (Å²) in [5.74, 6) is -2.77. The zero-order valence-electron chi connectivity index (χ0n) is 9.54. The topological polar surface area (TPSA) is 80.4 Å². The van der Waals surface area contributed by atoms with E-state index in [4.69, 9.17) is 5.11 Å². The standard InChI is InChI=1S/C13H8FNO4/c14-12-9(8-4-2-1-3-5-8)6-7-10(15(18)19)11(12)13(16)17/h1-7H,(H,16,17). The molecule has 0 heterocycles. The first kappa shape index (κ1) is 12.7. The summed E-state index contributed by atoms with van der Waals surface area (Å²) >= 11 is 0. The van der Waals surface area contributed by atoms with Crippen molar-refractivity contribution in [3.05, 3.63) is 64.0 Å². The van der Waals surface area contributed by atoms with Gasteiger partial charge in [-0.05, 0) is 11.6 Å². The Balaban J connectivity index is 2.71. The molecule has 96 valence electrons. The predicted molar refractivity (Wildman–Crippen MR) is 65.4 cm³/mol. The lowest BCUT2D eigenvalue weighted by atomic mass is 10.0. The normalized spacial score (nSPS) is 10.2. The quantitative estimate of drug-likeness (QED) is 0.680. The smallest absolute Gasteiger partial charge is 0.345 e. The lowest BCUT2D eigenvalue weighted by molar-refractivity contribution is -0.385. The van der Waals surface area contributed by atoms with Crippen molar-refractivity contribution in [1.29, 1.82) is 0 Å². The Morgan fingerprint density at radius 1 is 1.16 bits per heavy atom. The Morgan fingerprint density at radius 2 is 1.79 bits per heavy atom. The van der Waals surface area contributed by atoms with E-state index in [0.29, 0.717) is 5.56 Å². The van der Waals surface area contributed by atoms with Crippen LogP contribution in [0.5, 0.6) is 0 Å². The molecule has 0 aliphatic rings. The van der Waals surface area contributed by atoms with Gasteiger partial charge in [-0.25, -0.2) is 9.18 Å². The van der Waals surface area contributed by atoms with Gasteiger partial charge in [-0.3, -0.25) is 10.1 Å². The van der Waals surface area contributed by atoms with Crippen LogP contribution < -0.4 is 0 Å². The summed E-state index contributed by atoms with van der Waals surface area (Å²) in [6.07, 6.45) is 0. The highest BCUT2D eigenvalue weighted by Gasteiger charge is 2.26. The first-order valence-corrected chi connectivity index (χ1v) is 5.28. The second kappa shape index (κ2) is 4.85. The van der Waals surface area contributed by atoms with Crippen LogP contribution in [0.4, 0.5) is 10.1 Å². The third-order valence-electron chi connectivity index (χ3n) is 2.62. The van der Waals surface area contributed by atoms with Crippen LogP contribution >= 0.6 is 0 Å². The number of hydrogen-bond acceptors (Lipinski definition) is 3. The second-order valence-electron chi connectivity index (χ2n) is 3.75. The first-order chi connectivity index (χ1) is 9.02. The van der Waals surface area contributed by atoms with E-state index in [1.807, 2.05) is 0 Å². The molecule has 0 radical (unpaired) electrons. The SMILES string of the molecule is O=C(O)c1c([N+](=O)[O-])ccc(-c2ccccc2)c1F. The average molecular weight is 261 g/mol. The van der Waals surface area contributed by atoms with Crippen molar-refractivity contribution in [2.24, 2.45) is 0 Å². The molecule has 0 unspecified atom stereocenters. The van der Waals surface area contributed by atoms with E-state index < -0.39 is 28.0 Å². The van der Waals surface area contributed by atoms with E-state index in [2.05, 4.69) is 0 Å². The van der Waals surface area contributed by atoms with Crippen molar-refractivity contribution in [3.63, 3.8) is 0 Å². The van der Waals surface area contributed by atoms with Crippen LogP contribution in [0.15, 0.2) is 42.5 Å². The number of rotatable bonds is 3. The number of carboxylic acid groups (broad SMARTS) is 1. The van der Waals surface area contributed by atoms with E-state index >= 15 is 0 Å². The number of benzene rings is 2. The van der Waals surface area contributed by atoms with Gasteiger partial charge in [-0.2, -0.15) is 0 Å². The first-order valence-electron chi connectivity index (χ1n) is 5.28. The molecule has 0 atom stereocenters. The third kappa shape index (κ3) is 2.28. The number of halogens is 1. The molecule has 0 saturated heterocycles. The average Bonchev–Trinajstić information content (AvgIpc) is 2.38. The number of carboxylic acids is 1. The zero-order chi connectivity index (χ0) is 14.0. The van der Waals surface area contributed by atoms with E-state index in [1.165, 1.54) is 6.07 Å². The van der Waals surface area contributed by atoms with Crippen molar-refractivity contribution in [2.45, 2.75) is 0 Å². The summed E-state index contributed by atoms with van der Waals surface area (Å²) in [5.41, 5.74) is -1.21. The Kier molecular flexibility index (Phi) is 3.24. The van der Waals surface area contributed by atoms with Crippen LogP contribution in [0.25, 0.3) is 11.1 Å². The van der Waals surface area contributed by atoms with Crippen LogP contribution in [-0.4, -0.2) is 16.0 Å². The van der Waals surface area contributed by atoms with Gasteiger partial charge in [0.2, 0.25) is 0 Å². The summed E-state index contributed by atoms with van der Waals surface area (Å²) in [7, 11) is 0. The fourth-order valence-corrected chi connectivity index (χ4v) is 1.76. The third-order valence-corrected chi connectivity index (χ3v) is 2.62. The number of nitrogens with zero attached hydrogens (tertiary/aromatic N) is 1. The van der Waals surface area contributed by atoms with Gasteiger partial charge in [0, 0.05) is 11.6 Å². The van der Waals surface area contributed by atoms with Gasteiger partial charge in [0.05, 0.1) is 4.92 Å². The van der Waals surface area contributed by atoms with Crippen molar-refractivity contribution >= 4 is 11.7 Å². The minimum atomic E-state index is -1.66. The largest absolute Gasteiger partial charge is 0.477 e. The predicted octanol–water partition coefficient (Wildman–Crippen LogP) is 3.10. The second-order valence-corrected chi connectivity index (χ2v) is 3.75. The highest BCUT2D eigenvalue weighted by Crippen LogP contribution is 2.30. The molecule has 0 saturated carbocycles. The summed E-state index contributed by atoms with van der Waals surface area (Å²) in [5, 5.41) is 19.6. The van der Waals surface area contributed by atoms with Crippen molar-refractivity contribution < 1.29 is 19.2 Å². The Bertz CT molecular complexity index is 655. The lowest BCUT2D eigenvalue weighted by Crippen LogP contribution is -2.07. The summed E-state index contributed by atoms with van der Waals surface area (Å²) in [6, 6.07) is 10.4. The maximum atomic E-state index is 14.1. The number of hydrogen-bond donors (Lipinski definition) is 1. The van der Waals surface area contributed by atoms with E-state index in [0.717, 1.165) is 6.07 Å². The molecule has 2 aromatic carbocycles. The Hall–Kier alpha value is -2.76. The van der Waals surface area contributed by atoms with Crippen LogP contribution in [0.2, 0.25) is 0 Å². The van der Waals surface area contributed by atoms with Gasteiger partial charge in [0.1, 0.15) is 0 Å². The molecule has 0 amide bonds. The van der Waals surface area contributed by atoms with Gasteiger partial charge in [-0.15, -0.1) is 0 Å². The number of carbonyl (C=O) groups is 1. The summed E-state index contributed by atoms with van der Waals surface area (Å²) in [4.78, 5) is 20.8. The van der Waals surface area contributed by atoms with E-state index in [1.54, 1.807) is 30.3 Å². The fraction of sp³-hybridized carbons (Fsp3) is 0. The van der Waals surface area contributed by atoms with Gasteiger partial charge in [0.15, 0.2) is 11.4 Å². The maximum absolute atomic E-state index is 14.1. The summed E-state index contributed by atoms with van der Waals surface area (Å²) < 4.78 is 14.1. The van der Waals surface area contributed by atoms with E-state index in [-0.39, 0.29) is 5.56 Å². The Morgan fingerprint density at radius 3 is 2.32 bits per heavy atom. The van der Waals surface area contributed by atoms with Gasteiger partial charge in [0.25, 0.3) is 5.69 Å². The molecule has 19 heavy (non-hydrogen) atoms. The summed E-state index contributed by atoms with van der Waals surface area (Å²) in [6.45, 7) is 0. The number of nitro groups is 1. The van der Waals surface area contributed by atoms with Gasteiger partial charge < -0.3 is 5.11 Å². The molecule has 0 aliphatic carbocycles. The van der Waals surface area contributed by atoms with Crippen LogP contribution in [0.3, 0.4) is 0 Å². The molecule has 2 aromatic rings. The maximum Gasteiger partial charge on any atom is 0.345 e. The Labute approximate surface area is 107 Å². The molecular formula is C13H8FNO4. The van der Waals surface area contributed by atoms with Crippen LogP contribution in [0, 0.1) is 15.9 Å².